The van der Waals surface area contributed by atoms with Crippen molar-refractivity contribution in [2.24, 2.45) is 16.3 Å². The van der Waals surface area contributed by atoms with Gasteiger partial charge in [-0.05, 0) is 36.5 Å². The van der Waals surface area contributed by atoms with Crippen molar-refractivity contribution in [1.29, 1.82) is 5.26 Å². The van der Waals surface area contributed by atoms with Gasteiger partial charge in [0.1, 0.15) is 11.5 Å². The van der Waals surface area contributed by atoms with Crippen LogP contribution in [0.5, 0.6) is 5.75 Å². The molecule has 3 rings (SSSR count). The fourth-order valence-corrected chi connectivity index (χ4v) is 3.81. The summed E-state index contributed by atoms with van der Waals surface area (Å²) in [4.78, 5) is 17.4. The molecule has 2 aliphatic rings. The van der Waals surface area contributed by atoms with Crippen molar-refractivity contribution >= 4 is 11.5 Å². The normalized spacial score (nSPS) is 26.3. The summed E-state index contributed by atoms with van der Waals surface area (Å²) in [6.07, 6.45) is 1.25. The number of carbonyl (C=O) groups excluding carboxylic acids is 1. The molecule has 1 fully saturated rings. The lowest BCUT2D eigenvalue weighted by Crippen LogP contribution is -2.42. The first-order valence-corrected chi connectivity index (χ1v) is 7.82. The average Bonchev–Trinajstić information content (AvgIpc) is 2.44. The lowest BCUT2D eigenvalue weighted by molar-refractivity contribution is -0.124. The Hall–Kier alpha value is -2.41. The second-order valence-electron chi connectivity index (χ2n) is 7.25. The number of nitriles is 1. The van der Waals surface area contributed by atoms with Gasteiger partial charge in [-0.15, -0.1) is 0 Å². The summed E-state index contributed by atoms with van der Waals surface area (Å²) in [5, 5.41) is 19.4. The number of benzene rings is 1. The molecule has 23 heavy (non-hydrogen) atoms. The molecule has 1 aromatic carbocycles. The van der Waals surface area contributed by atoms with Crippen molar-refractivity contribution < 1.29 is 9.90 Å². The molecular formula is C19H20N2O2. The third-order valence-electron chi connectivity index (χ3n) is 4.71. The van der Waals surface area contributed by atoms with Gasteiger partial charge in [-0.25, -0.2) is 0 Å². The molecule has 1 saturated carbocycles. The highest BCUT2D eigenvalue weighted by atomic mass is 16.3. The number of aromatic hydroxyl groups is 1. The van der Waals surface area contributed by atoms with Crippen molar-refractivity contribution in [3.8, 4) is 11.8 Å². The Kier molecular flexibility index (Phi) is 3.60. The van der Waals surface area contributed by atoms with Gasteiger partial charge < -0.3 is 5.11 Å². The first kappa shape index (κ1) is 15.5. The lowest BCUT2D eigenvalue weighted by atomic mass is 9.63. The molecule has 1 heterocycles. The minimum atomic E-state index is -0.386. The zero-order valence-electron chi connectivity index (χ0n) is 13.6. The van der Waals surface area contributed by atoms with Crippen molar-refractivity contribution in [1.82, 2.24) is 0 Å². The van der Waals surface area contributed by atoms with Crippen LogP contribution in [0.4, 0.5) is 0 Å². The van der Waals surface area contributed by atoms with E-state index in [-0.39, 0.29) is 28.8 Å². The number of allylic oxidation sites excluding steroid dienone is 2. The highest BCUT2D eigenvalue weighted by molar-refractivity contribution is 6.10. The van der Waals surface area contributed by atoms with Gasteiger partial charge in [-0.3, -0.25) is 9.79 Å². The molecule has 0 spiro atoms. The molecule has 118 valence electrons. The summed E-state index contributed by atoms with van der Waals surface area (Å²) in [7, 11) is 0. The maximum Gasteiger partial charge on any atom is 0.143 e. The monoisotopic (exact) mass is 308 g/mol. The van der Waals surface area contributed by atoms with Crippen molar-refractivity contribution in [2.75, 3.05) is 0 Å². The molecule has 0 unspecified atom stereocenters. The van der Waals surface area contributed by atoms with E-state index in [9.17, 15) is 15.2 Å². The Balaban J connectivity index is 2.16. The second-order valence-corrected chi connectivity index (χ2v) is 7.25. The second kappa shape index (κ2) is 5.34. The summed E-state index contributed by atoms with van der Waals surface area (Å²) >= 11 is 0. The van der Waals surface area contributed by atoms with E-state index in [1.165, 1.54) is 0 Å². The quantitative estimate of drug-likeness (QED) is 0.859. The van der Waals surface area contributed by atoms with Gasteiger partial charge in [-0.1, -0.05) is 26.0 Å². The predicted octanol–water partition coefficient (Wildman–Crippen LogP) is 3.73. The molecule has 0 aromatic heterocycles. The van der Waals surface area contributed by atoms with Crippen LogP contribution in [-0.2, 0) is 4.79 Å². The van der Waals surface area contributed by atoms with E-state index in [1.54, 1.807) is 18.2 Å². The number of carbonyl (C=O) groups is 1. The third-order valence-corrected chi connectivity index (χ3v) is 4.71. The number of ketones is 1. The van der Waals surface area contributed by atoms with Crippen LogP contribution >= 0.6 is 0 Å². The van der Waals surface area contributed by atoms with E-state index < -0.39 is 0 Å². The van der Waals surface area contributed by atoms with E-state index in [0.29, 0.717) is 17.7 Å². The fourth-order valence-electron chi connectivity index (χ4n) is 3.81. The predicted molar refractivity (Wildman–Crippen MR) is 88.1 cm³/mol. The fraction of sp³-hybridized carbons (Fsp3) is 0.421. The maximum atomic E-state index is 12.8. The zero-order valence-corrected chi connectivity index (χ0v) is 13.6. The van der Waals surface area contributed by atoms with Gasteiger partial charge in [0.15, 0.2) is 0 Å². The minimum Gasteiger partial charge on any atom is -0.508 e. The Bertz CT molecular complexity index is 781. The molecule has 1 aliphatic carbocycles. The van der Waals surface area contributed by atoms with E-state index in [0.717, 1.165) is 17.7 Å². The van der Waals surface area contributed by atoms with Gasteiger partial charge in [-0.2, -0.15) is 5.26 Å². The first-order chi connectivity index (χ1) is 10.8. The van der Waals surface area contributed by atoms with Crippen LogP contribution in [0.15, 0.2) is 40.5 Å². The molecule has 4 nitrogen and oxygen atoms in total. The van der Waals surface area contributed by atoms with Crippen molar-refractivity contribution in [2.45, 2.75) is 39.5 Å². The molecular weight excluding hydrogens is 288 g/mol. The van der Waals surface area contributed by atoms with Crippen LogP contribution in [0.25, 0.3) is 0 Å². The number of hydrogen-bond acceptors (Lipinski definition) is 4. The highest BCUT2D eigenvalue weighted by Crippen LogP contribution is 2.46. The summed E-state index contributed by atoms with van der Waals surface area (Å²) in [6.45, 7) is 5.97. The molecule has 1 N–H and O–H groups in total. The standard InChI is InChI=1S/C19H20N2O2/c1-11-14(10-20)17(12-5-4-6-13(22)7-12)18-15(21-11)8-19(2,3)9-16(18)23/h4-7,17-18,22H,8-9H2,1-3H3/t17-,18+/m0/s1. The van der Waals surface area contributed by atoms with Gasteiger partial charge in [0.25, 0.3) is 0 Å². The van der Waals surface area contributed by atoms with Crippen LogP contribution in [0, 0.1) is 22.7 Å². The topological polar surface area (TPSA) is 73.4 Å². The van der Waals surface area contributed by atoms with Crippen LogP contribution in [0.2, 0.25) is 0 Å². The van der Waals surface area contributed by atoms with E-state index in [4.69, 9.17) is 0 Å². The molecule has 1 aromatic rings. The molecule has 0 amide bonds. The summed E-state index contributed by atoms with van der Waals surface area (Å²) < 4.78 is 0. The number of aliphatic imine (C=N–C) groups is 1. The summed E-state index contributed by atoms with van der Waals surface area (Å²) in [6, 6.07) is 9.09. The SMILES string of the molecule is CC1=C(C#N)[C@H](c2cccc(O)c2)[C@H]2C(=O)CC(C)(C)CC2=N1. The number of phenols is 1. The number of rotatable bonds is 1. The molecule has 2 atom stereocenters. The Labute approximate surface area is 136 Å². The van der Waals surface area contributed by atoms with Gasteiger partial charge in [0.2, 0.25) is 0 Å². The van der Waals surface area contributed by atoms with Crippen LogP contribution in [0.1, 0.15) is 45.1 Å². The average molecular weight is 308 g/mol. The molecule has 0 saturated heterocycles. The number of nitrogens with zero attached hydrogens (tertiary/aromatic N) is 2. The van der Waals surface area contributed by atoms with Crippen LogP contribution < -0.4 is 0 Å². The van der Waals surface area contributed by atoms with Gasteiger partial charge in [0, 0.05) is 18.1 Å². The van der Waals surface area contributed by atoms with Gasteiger partial charge in [0.05, 0.1) is 23.3 Å². The summed E-state index contributed by atoms with van der Waals surface area (Å²) in [5.74, 6) is -0.454. The highest BCUT2D eigenvalue weighted by Gasteiger charge is 2.46. The van der Waals surface area contributed by atoms with E-state index in [1.807, 2.05) is 13.0 Å². The van der Waals surface area contributed by atoms with Crippen molar-refractivity contribution in [3.63, 3.8) is 0 Å². The van der Waals surface area contributed by atoms with Crippen molar-refractivity contribution in [3.05, 3.63) is 41.1 Å². The minimum absolute atomic E-state index is 0.0970. The largest absolute Gasteiger partial charge is 0.508 e. The number of hydrogen-bond donors (Lipinski definition) is 1. The molecule has 4 heteroatoms. The number of phenolic OH excluding ortho intramolecular Hbond substituents is 1. The molecule has 0 bridgehead atoms. The first-order valence-electron chi connectivity index (χ1n) is 7.82. The Morgan fingerprint density at radius 2 is 2.04 bits per heavy atom. The third kappa shape index (κ3) is 2.68. The maximum absolute atomic E-state index is 12.8. The summed E-state index contributed by atoms with van der Waals surface area (Å²) in [5.41, 5.74) is 2.78. The zero-order chi connectivity index (χ0) is 16.8. The van der Waals surface area contributed by atoms with E-state index >= 15 is 0 Å². The Morgan fingerprint density at radius 1 is 1.30 bits per heavy atom. The van der Waals surface area contributed by atoms with Crippen LogP contribution in [-0.4, -0.2) is 16.6 Å². The number of fused-ring (bicyclic) bond motifs is 1. The molecule has 0 radical (unpaired) electrons. The van der Waals surface area contributed by atoms with Crippen LogP contribution in [0.3, 0.4) is 0 Å². The smallest absolute Gasteiger partial charge is 0.143 e. The van der Waals surface area contributed by atoms with E-state index in [2.05, 4.69) is 24.9 Å². The molecule has 1 aliphatic heterocycles. The number of Topliss-reactive ketones (excluding diaryl/α,β-unsaturated/α-hetero) is 1. The van der Waals surface area contributed by atoms with Gasteiger partial charge >= 0.3 is 0 Å². The Morgan fingerprint density at radius 3 is 2.70 bits per heavy atom. The lowest BCUT2D eigenvalue weighted by Gasteiger charge is -2.40.